The first-order valence-corrected chi connectivity index (χ1v) is 8.40. The number of carbonyl (C=O) groups is 1. The monoisotopic (exact) mass is 350 g/mol. The molecule has 2 heterocycles. The number of hydroxylamine groups is 1. The predicted octanol–water partition coefficient (Wildman–Crippen LogP) is 2.25. The molecule has 0 aliphatic carbocycles. The van der Waals surface area contributed by atoms with Crippen molar-refractivity contribution in [3.05, 3.63) is 54.1 Å². The molecule has 3 aromatic rings. The van der Waals surface area contributed by atoms with Gasteiger partial charge in [0.1, 0.15) is 5.82 Å². The van der Waals surface area contributed by atoms with Crippen molar-refractivity contribution in [3.63, 3.8) is 0 Å². The van der Waals surface area contributed by atoms with E-state index in [1.54, 1.807) is 29.7 Å². The summed E-state index contributed by atoms with van der Waals surface area (Å²) >= 11 is 0. The van der Waals surface area contributed by atoms with E-state index in [1.807, 2.05) is 24.3 Å². The average molecular weight is 350 g/mol. The van der Waals surface area contributed by atoms with Gasteiger partial charge in [-0.3, -0.25) is 10.0 Å². The van der Waals surface area contributed by atoms with Gasteiger partial charge in [0.05, 0.1) is 18.7 Å². The maximum atomic E-state index is 11.5. The summed E-state index contributed by atoms with van der Waals surface area (Å²) < 4.78 is 5.45. The Bertz CT molecular complexity index is 937. The molecule has 0 saturated carbocycles. The first kappa shape index (κ1) is 16.4. The zero-order chi connectivity index (χ0) is 17.9. The van der Waals surface area contributed by atoms with Crippen LogP contribution >= 0.6 is 0 Å². The van der Waals surface area contributed by atoms with Gasteiger partial charge in [0, 0.05) is 29.6 Å². The second-order valence-corrected chi connectivity index (χ2v) is 6.01. The number of amides is 1. The lowest BCUT2D eigenvalue weighted by Gasteiger charge is -2.29. The molecule has 1 aliphatic rings. The van der Waals surface area contributed by atoms with E-state index in [2.05, 4.69) is 9.88 Å². The maximum absolute atomic E-state index is 11.5. The fraction of sp³-hybridized carbons (Fsp3) is 0.211. The van der Waals surface area contributed by atoms with Gasteiger partial charge in [0.25, 0.3) is 5.91 Å². The van der Waals surface area contributed by atoms with Crippen molar-refractivity contribution in [2.45, 2.75) is 0 Å². The third kappa shape index (κ3) is 3.10. The van der Waals surface area contributed by atoms with Crippen LogP contribution in [0.5, 0.6) is 0 Å². The number of nitrogens with zero attached hydrogens (tertiary/aromatic N) is 3. The van der Waals surface area contributed by atoms with Crippen LogP contribution in [0.25, 0.3) is 22.3 Å². The van der Waals surface area contributed by atoms with Crippen LogP contribution in [0.4, 0.5) is 5.82 Å². The molecule has 0 atom stereocenters. The van der Waals surface area contributed by atoms with Gasteiger partial charge in [0.15, 0.2) is 5.82 Å². The van der Waals surface area contributed by atoms with Gasteiger partial charge in [0.2, 0.25) is 0 Å². The topological polar surface area (TPSA) is 87.6 Å². The van der Waals surface area contributed by atoms with E-state index in [0.717, 1.165) is 35.4 Å². The lowest BCUT2D eigenvalue weighted by molar-refractivity contribution is 0.0706. The second kappa shape index (κ2) is 7.07. The first-order valence-electron chi connectivity index (χ1n) is 8.40. The highest BCUT2D eigenvalue weighted by Crippen LogP contribution is 2.28. The number of aromatic nitrogens is 2. The molecule has 2 N–H and O–H groups in total. The molecule has 1 saturated heterocycles. The van der Waals surface area contributed by atoms with E-state index in [1.165, 1.54) is 0 Å². The number of para-hydroxylation sites is 1. The lowest BCUT2D eigenvalue weighted by atomic mass is 10.1. The minimum atomic E-state index is -0.551. The number of nitrogens with one attached hydrogen (secondary N) is 1. The minimum absolute atomic E-state index is 0.366. The second-order valence-electron chi connectivity index (χ2n) is 6.01. The summed E-state index contributed by atoms with van der Waals surface area (Å²) in [6.45, 7) is 2.93. The highest BCUT2D eigenvalue weighted by atomic mass is 16.5. The fourth-order valence-electron chi connectivity index (χ4n) is 3.04. The molecule has 4 rings (SSSR count). The molecule has 7 heteroatoms. The lowest BCUT2D eigenvalue weighted by Crippen LogP contribution is -2.37. The van der Waals surface area contributed by atoms with E-state index >= 15 is 0 Å². The summed E-state index contributed by atoms with van der Waals surface area (Å²) in [5, 5.41) is 9.74. The normalized spacial score (nSPS) is 14.4. The van der Waals surface area contributed by atoms with Crippen molar-refractivity contribution in [1.82, 2.24) is 15.4 Å². The fourth-order valence-corrected chi connectivity index (χ4v) is 3.04. The molecule has 1 amide bonds. The van der Waals surface area contributed by atoms with E-state index < -0.39 is 5.91 Å². The van der Waals surface area contributed by atoms with Crippen LogP contribution in [-0.2, 0) is 4.74 Å². The van der Waals surface area contributed by atoms with E-state index in [-0.39, 0.29) is 0 Å². The molecular weight excluding hydrogens is 332 g/mol. The molecule has 7 nitrogen and oxygen atoms in total. The number of rotatable bonds is 3. The summed E-state index contributed by atoms with van der Waals surface area (Å²) in [6, 6.07) is 14.8. The Kier molecular flexibility index (Phi) is 4.47. The number of fused-ring (bicyclic) bond motifs is 1. The Morgan fingerprint density at radius 2 is 1.77 bits per heavy atom. The largest absolute Gasteiger partial charge is 0.378 e. The molecule has 132 valence electrons. The molecule has 2 aromatic carbocycles. The van der Waals surface area contributed by atoms with Gasteiger partial charge < -0.3 is 9.64 Å². The van der Waals surface area contributed by atoms with Gasteiger partial charge in [-0.25, -0.2) is 15.4 Å². The van der Waals surface area contributed by atoms with Crippen molar-refractivity contribution in [1.29, 1.82) is 0 Å². The number of morpholine rings is 1. The Morgan fingerprint density at radius 1 is 1.04 bits per heavy atom. The van der Waals surface area contributed by atoms with Gasteiger partial charge in [-0.1, -0.05) is 24.3 Å². The molecular formula is C19H18N4O3. The van der Waals surface area contributed by atoms with Crippen molar-refractivity contribution in [2.24, 2.45) is 0 Å². The van der Waals surface area contributed by atoms with Crippen LogP contribution in [0.15, 0.2) is 48.5 Å². The summed E-state index contributed by atoms with van der Waals surface area (Å²) in [5.41, 5.74) is 3.67. The smallest absolute Gasteiger partial charge is 0.274 e. The molecule has 1 fully saturated rings. The van der Waals surface area contributed by atoms with E-state index in [4.69, 9.17) is 14.9 Å². The highest BCUT2D eigenvalue weighted by Gasteiger charge is 2.18. The zero-order valence-corrected chi connectivity index (χ0v) is 14.1. The highest BCUT2D eigenvalue weighted by molar-refractivity contribution is 5.94. The Hall–Kier alpha value is -3.03. The molecule has 1 aliphatic heterocycles. The number of hydrogen-bond acceptors (Lipinski definition) is 6. The Morgan fingerprint density at radius 3 is 2.50 bits per heavy atom. The van der Waals surface area contributed by atoms with Crippen LogP contribution in [0.2, 0.25) is 0 Å². The summed E-state index contributed by atoms with van der Waals surface area (Å²) in [5.74, 6) is 0.942. The van der Waals surface area contributed by atoms with Gasteiger partial charge in [-0.15, -0.1) is 0 Å². The van der Waals surface area contributed by atoms with E-state index in [0.29, 0.717) is 24.6 Å². The van der Waals surface area contributed by atoms with E-state index in [9.17, 15) is 4.79 Å². The van der Waals surface area contributed by atoms with Crippen LogP contribution in [-0.4, -0.2) is 47.4 Å². The van der Waals surface area contributed by atoms with Crippen molar-refractivity contribution >= 4 is 22.6 Å². The molecule has 0 radical (unpaired) electrons. The summed E-state index contributed by atoms with van der Waals surface area (Å²) in [4.78, 5) is 23.2. The van der Waals surface area contributed by atoms with Crippen LogP contribution in [0, 0.1) is 0 Å². The maximum Gasteiger partial charge on any atom is 0.274 e. The first-order chi connectivity index (χ1) is 12.8. The Balaban J connectivity index is 1.79. The quantitative estimate of drug-likeness (QED) is 0.556. The number of ether oxygens (including phenoxy) is 1. The van der Waals surface area contributed by atoms with Crippen molar-refractivity contribution in [3.8, 4) is 11.4 Å². The van der Waals surface area contributed by atoms with Gasteiger partial charge >= 0.3 is 0 Å². The third-order valence-corrected chi connectivity index (χ3v) is 4.40. The number of anilines is 1. The molecule has 0 bridgehead atoms. The Labute approximate surface area is 150 Å². The predicted molar refractivity (Wildman–Crippen MR) is 97.3 cm³/mol. The van der Waals surface area contributed by atoms with Crippen LogP contribution in [0.3, 0.4) is 0 Å². The molecule has 0 spiro atoms. The standard InChI is InChI=1S/C19H18N4O3/c24-19(22-25)14-7-5-13(6-8-14)17-20-16-4-2-1-3-15(16)18(21-17)23-9-11-26-12-10-23/h1-8,25H,9-12H2,(H,22,24). The van der Waals surface area contributed by atoms with Gasteiger partial charge in [-0.2, -0.15) is 0 Å². The number of carbonyl (C=O) groups excluding carboxylic acids is 1. The molecule has 1 aromatic heterocycles. The van der Waals surface area contributed by atoms with Crippen molar-refractivity contribution < 1.29 is 14.7 Å². The van der Waals surface area contributed by atoms with Crippen molar-refractivity contribution in [2.75, 3.05) is 31.2 Å². The van der Waals surface area contributed by atoms with Crippen LogP contribution in [0.1, 0.15) is 10.4 Å². The number of benzene rings is 2. The van der Waals surface area contributed by atoms with Crippen LogP contribution < -0.4 is 10.4 Å². The number of hydrogen-bond donors (Lipinski definition) is 2. The minimum Gasteiger partial charge on any atom is -0.378 e. The SMILES string of the molecule is O=C(NO)c1ccc(-c2nc(N3CCOCC3)c3ccccc3n2)cc1. The van der Waals surface area contributed by atoms with Gasteiger partial charge in [-0.05, 0) is 24.3 Å². The average Bonchev–Trinajstić information content (AvgIpc) is 2.73. The zero-order valence-electron chi connectivity index (χ0n) is 14.1. The third-order valence-electron chi connectivity index (χ3n) is 4.40. The summed E-state index contributed by atoms with van der Waals surface area (Å²) in [7, 11) is 0. The molecule has 26 heavy (non-hydrogen) atoms. The summed E-state index contributed by atoms with van der Waals surface area (Å²) in [6.07, 6.45) is 0. The molecule has 0 unspecified atom stereocenters.